The van der Waals surface area contributed by atoms with Crippen LogP contribution in [-0.4, -0.2) is 5.91 Å². The van der Waals surface area contributed by atoms with Crippen LogP contribution >= 0.6 is 15.9 Å². The van der Waals surface area contributed by atoms with Gasteiger partial charge in [-0.15, -0.1) is 0 Å². The van der Waals surface area contributed by atoms with Gasteiger partial charge in [0.2, 0.25) is 5.91 Å². The topological polar surface area (TPSA) is 29.1 Å². The van der Waals surface area contributed by atoms with Crippen LogP contribution in [0.3, 0.4) is 0 Å². The number of hydrogen-bond acceptors (Lipinski definition) is 1. The van der Waals surface area contributed by atoms with E-state index in [0.717, 1.165) is 6.07 Å². The second-order valence-electron chi connectivity index (χ2n) is 2.74. The summed E-state index contributed by atoms with van der Waals surface area (Å²) in [6, 6.07) is 1.10. The molecule has 0 radical (unpaired) electrons. The molecule has 1 aromatic rings. The zero-order valence-electron chi connectivity index (χ0n) is 6.33. The highest BCUT2D eigenvalue weighted by molar-refractivity contribution is 9.10. The Labute approximate surface area is 81.1 Å². The molecule has 2 nitrogen and oxygen atoms in total. The predicted molar refractivity (Wildman–Crippen MR) is 46.4 cm³/mol. The maximum Gasteiger partial charge on any atom is 0.228 e. The minimum Gasteiger partial charge on any atom is -0.325 e. The number of anilines is 1. The van der Waals surface area contributed by atoms with E-state index in [2.05, 4.69) is 21.2 Å². The van der Waals surface area contributed by atoms with Gasteiger partial charge in [0.15, 0.2) is 0 Å². The van der Waals surface area contributed by atoms with Gasteiger partial charge in [0.1, 0.15) is 11.6 Å². The van der Waals surface area contributed by atoms with E-state index >= 15 is 0 Å². The third kappa shape index (κ3) is 1.23. The quantitative estimate of drug-likeness (QED) is 0.701. The molecule has 0 unspecified atom stereocenters. The lowest BCUT2D eigenvalue weighted by Gasteiger charge is -2.02. The molecule has 1 heterocycles. The first-order valence-electron chi connectivity index (χ1n) is 3.56. The minimum absolute atomic E-state index is 0.0277. The number of rotatable bonds is 0. The van der Waals surface area contributed by atoms with Crippen molar-refractivity contribution in [2.24, 2.45) is 0 Å². The third-order valence-electron chi connectivity index (χ3n) is 1.87. The summed E-state index contributed by atoms with van der Waals surface area (Å²) in [4.78, 5) is 10.9. The number of halogens is 3. The first kappa shape index (κ1) is 8.62. The third-order valence-corrected chi connectivity index (χ3v) is 2.60. The van der Waals surface area contributed by atoms with Crippen molar-refractivity contribution >= 4 is 27.5 Å². The SMILES string of the molecule is O=C1Cc2c(cc(F)c(Br)c2F)N1. The number of amides is 1. The van der Waals surface area contributed by atoms with Crippen molar-refractivity contribution < 1.29 is 13.6 Å². The Morgan fingerprint density at radius 1 is 1.46 bits per heavy atom. The lowest BCUT2D eigenvalue weighted by atomic mass is 10.1. The van der Waals surface area contributed by atoms with Gasteiger partial charge in [-0.05, 0) is 22.0 Å². The van der Waals surface area contributed by atoms with Crippen LogP contribution in [0.5, 0.6) is 0 Å². The summed E-state index contributed by atoms with van der Waals surface area (Å²) in [5.74, 6) is -1.72. The molecule has 1 aliphatic heterocycles. The van der Waals surface area contributed by atoms with E-state index in [1.165, 1.54) is 0 Å². The van der Waals surface area contributed by atoms with Gasteiger partial charge in [-0.25, -0.2) is 8.78 Å². The Morgan fingerprint density at radius 2 is 2.15 bits per heavy atom. The summed E-state index contributed by atoms with van der Waals surface area (Å²) in [5, 5.41) is 2.37. The smallest absolute Gasteiger partial charge is 0.228 e. The highest BCUT2D eigenvalue weighted by atomic mass is 79.9. The van der Waals surface area contributed by atoms with Crippen molar-refractivity contribution in [3.05, 3.63) is 27.7 Å². The predicted octanol–water partition coefficient (Wildman–Crippen LogP) is 2.22. The van der Waals surface area contributed by atoms with Crippen LogP contribution in [0.2, 0.25) is 0 Å². The Bertz CT molecular complexity index is 406. The van der Waals surface area contributed by atoms with Gasteiger partial charge in [0.25, 0.3) is 0 Å². The van der Waals surface area contributed by atoms with Crippen molar-refractivity contribution in [3.8, 4) is 0 Å². The highest BCUT2D eigenvalue weighted by Gasteiger charge is 2.24. The van der Waals surface area contributed by atoms with E-state index in [1.54, 1.807) is 0 Å². The number of fused-ring (bicyclic) bond motifs is 1. The molecule has 0 bridgehead atoms. The molecule has 0 saturated heterocycles. The number of carbonyl (C=O) groups is 1. The average molecular weight is 248 g/mol. The second-order valence-corrected chi connectivity index (χ2v) is 3.53. The first-order valence-corrected chi connectivity index (χ1v) is 4.35. The summed E-state index contributed by atoms with van der Waals surface area (Å²) < 4.78 is 26.0. The highest BCUT2D eigenvalue weighted by Crippen LogP contribution is 2.32. The van der Waals surface area contributed by atoms with Crippen LogP contribution in [0.1, 0.15) is 5.56 Å². The molecule has 1 N–H and O–H groups in total. The molecule has 1 amide bonds. The molecule has 1 aromatic carbocycles. The summed E-state index contributed by atoms with van der Waals surface area (Å²) in [6.45, 7) is 0. The average Bonchev–Trinajstić information content (AvgIpc) is 2.42. The van der Waals surface area contributed by atoms with Crippen LogP contribution in [-0.2, 0) is 11.2 Å². The molecule has 0 fully saturated rings. The number of carbonyl (C=O) groups excluding carboxylic acids is 1. The van der Waals surface area contributed by atoms with Crippen molar-refractivity contribution in [2.45, 2.75) is 6.42 Å². The Balaban J connectivity index is 2.66. The van der Waals surface area contributed by atoms with Gasteiger partial charge in [-0.2, -0.15) is 0 Å². The summed E-state index contributed by atoms with van der Waals surface area (Å²) >= 11 is 2.76. The summed E-state index contributed by atoms with van der Waals surface area (Å²) in [5.41, 5.74) is 0.446. The van der Waals surface area contributed by atoms with E-state index in [4.69, 9.17) is 0 Å². The van der Waals surface area contributed by atoms with E-state index in [1.807, 2.05) is 0 Å². The fourth-order valence-corrected chi connectivity index (χ4v) is 1.63. The maximum atomic E-state index is 13.3. The van der Waals surface area contributed by atoms with Gasteiger partial charge in [-0.1, -0.05) is 0 Å². The summed E-state index contributed by atoms with van der Waals surface area (Å²) in [7, 11) is 0. The maximum absolute atomic E-state index is 13.3. The zero-order valence-corrected chi connectivity index (χ0v) is 7.91. The molecule has 1 aliphatic rings. The molecule has 0 saturated carbocycles. The van der Waals surface area contributed by atoms with Crippen LogP contribution in [0.25, 0.3) is 0 Å². The Morgan fingerprint density at radius 3 is 2.85 bits per heavy atom. The number of hydrogen-bond donors (Lipinski definition) is 1. The molecule has 0 aromatic heterocycles. The van der Waals surface area contributed by atoms with Gasteiger partial charge in [-0.3, -0.25) is 4.79 Å². The van der Waals surface area contributed by atoms with Gasteiger partial charge < -0.3 is 5.32 Å². The molecular formula is C8H4BrF2NO. The molecule has 5 heteroatoms. The van der Waals surface area contributed by atoms with Gasteiger partial charge in [0, 0.05) is 5.56 Å². The van der Waals surface area contributed by atoms with Gasteiger partial charge in [0.05, 0.1) is 16.6 Å². The van der Waals surface area contributed by atoms with Crippen LogP contribution in [0, 0.1) is 11.6 Å². The monoisotopic (exact) mass is 247 g/mol. The number of nitrogens with one attached hydrogen (secondary N) is 1. The Kier molecular flexibility index (Phi) is 1.83. The molecule has 68 valence electrons. The minimum atomic E-state index is -0.710. The van der Waals surface area contributed by atoms with Crippen LogP contribution in [0.15, 0.2) is 10.5 Å². The van der Waals surface area contributed by atoms with Crippen LogP contribution < -0.4 is 5.32 Å². The van der Waals surface area contributed by atoms with E-state index in [0.29, 0.717) is 0 Å². The van der Waals surface area contributed by atoms with Crippen LogP contribution in [0.4, 0.5) is 14.5 Å². The molecule has 0 aliphatic carbocycles. The molecule has 13 heavy (non-hydrogen) atoms. The van der Waals surface area contributed by atoms with Crippen molar-refractivity contribution in [1.82, 2.24) is 0 Å². The van der Waals surface area contributed by atoms with Gasteiger partial charge >= 0.3 is 0 Å². The fraction of sp³-hybridized carbons (Fsp3) is 0.125. The molecule has 0 atom stereocenters. The lowest BCUT2D eigenvalue weighted by molar-refractivity contribution is -0.115. The lowest BCUT2D eigenvalue weighted by Crippen LogP contribution is -2.03. The van der Waals surface area contributed by atoms with Crippen molar-refractivity contribution in [1.29, 1.82) is 0 Å². The fourth-order valence-electron chi connectivity index (χ4n) is 1.27. The Hall–Kier alpha value is -0.970. The standard InChI is InChI=1S/C8H4BrF2NO/c9-7-4(10)2-5-3(8(7)11)1-6(13)12-5/h2H,1H2,(H,12,13). The second kappa shape index (κ2) is 2.77. The summed E-state index contributed by atoms with van der Waals surface area (Å²) in [6.07, 6.45) is -0.0277. The zero-order chi connectivity index (χ0) is 9.59. The van der Waals surface area contributed by atoms with E-state index in [-0.39, 0.29) is 28.1 Å². The van der Waals surface area contributed by atoms with Crippen molar-refractivity contribution in [2.75, 3.05) is 5.32 Å². The molecular weight excluding hydrogens is 244 g/mol. The number of benzene rings is 1. The largest absolute Gasteiger partial charge is 0.325 e. The molecule has 2 rings (SSSR count). The first-order chi connectivity index (χ1) is 6.09. The van der Waals surface area contributed by atoms with Crippen molar-refractivity contribution in [3.63, 3.8) is 0 Å². The normalized spacial score (nSPS) is 14.2. The van der Waals surface area contributed by atoms with E-state index in [9.17, 15) is 13.6 Å². The van der Waals surface area contributed by atoms with E-state index < -0.39 is 11.6 Å². The molecule has 0 spiro atoms.